The maximum absolute atomic E-state index is 11.9. The lowest BCUT2D eigenvalue weighted by Crippen LogP contribution is -2.28. The average Bonchev–Trinajstić information content (AvgIpc) is 2.55. The molecule has 2 aliphatic carbocycles. The fraction of sp³-hybridized carbons (Fsp3) is 0.900. The largest absolute Gasteiger partial charge is 0.392 e. The minimum Gasteiger partial charge on any atom is -0.392 e. The van der Waals surface area contributed by atoms with Gasteiger partial charge in [-0.3, -0.25) is 4.79 Å². The van der Waals surface area contributed by atoms with E-state index in [0.717, 1.165) is 25.1 Å². The third-order valence-corrected chi connectivity index (χ3v) is 4.48. The number of hydrogen-bond donors (Lipinski definition) is 0. The molecular weight excluding hydrogens is 161 g/mol. The highest BCUT2D eigenvalue weighted by molar-refractivity contribution is 6.43. The molecule has 4 atom stereocenters. The molecule has 0 aromatic heterocycles. The van der Waals surface area contributed by atoms with E-state index in [-0.39, 0.29) is 0 Å². The van der Waals surface area contributed by atoms with Crippen LogP contribution < -0.4 is 0 Å². The van der Waals surface area contributed by atoms with Crippen LogP contribution in [0.25, 0.3) is 0 Å². The molecule has 2 nitrogen and oxygen atoms in total. The Balaban J connectivity index is 1.93. The first-order valence-corrected chi connectivity index (χ1v) is 5.52. The number of hydrogen-bond acceptors (Lipinski definition) is 1. The number of amides is 1. The Hall–Kier alpha value is -0.465. The van der Waals surface area contributed by atoms with E-state index in [1.165, 1.54) is 25.7 Å². The van der Waals surface area contributed by atoms with Gasteiger partial charge in [0.1, 0.15) is 0 Å². The molecule has 0 N–H and O–H groups in total. The molecule has 0 aromatic rings. The van der Waals surface area contributed by atoms with Crippen LogP contribution in [-0.2, 0) is 4.79 Å². The average molecular weight is 177 g/mol. The Morgan fingerprint density at radius 1 is 1.38 bits per heavy atom. The first-order chi connectivity index (χ1) is 6.27. The highest BCUT2D eigenvalue weighted by Crippen LogP contribution is 2.55. The minimum atomic E-state index is 0.428. The van der Waals surface area contributed by atoms with E-state index in [2.05, 4.69) is 0 Å². The van der Waals surface area contributed by atoms with E-state index in [9.17, 15) is 4.79 Å². The van der Waals surface area contributed by atoms with Crippen LogP contribution in [0.1, 0.15) is 25.7 Å². The summed E-state index contributed by atoms with van der Waals surface area (Å²) in [6.07, 6.45) is 5.43. The van der Waals surface area contributed by atoms with Gasteiger partial charge in [0.25, 0.3) is 0 Å². The zero-order chi connectivity index (χ0) is 9.00. The third-order valence-electron chi connectivity index (χ3n) is 4.48. The maximum Gasteiger partial charge on any atom is 0.243 e. The first kappa shape index (κ1) is 7.89. The lowest BCUT2D eigenvalue weighted by molar-refractivity contribution is -0.129. The van der Waals surface area contributed by atoms with E-state index < -0.39 is 0 Å². The summed E-state index contributed by atoms with van der Waals surface area (Å²) >= 11 is 0. The van der Waals surface area contributed by atoms with Crippen molar-refractivity contribution in [3.63, 3.8) is 0 Å². The van der Waals surface area contributed by atoms with E-state index in [4.69, 9.17) is 0 Å². The molecule has 3 rings (SSSR count). The van der Waals surface area contributed by atoms with Gasteiger partial charge in [-0.05, 0) is 37.5 Å². The van der Waals surface area contributed by atoms with Crippen molar-refractivity contribution in [1.29, 1.82) is 0 Å². The third kappa shape index (κ3) is 0.933. The van der Waals surface area contributed by atoms with Crippen molar-refractivity contribution in [2.45, 2.75) is 31.5 Å². The Morgan fingerprint density at radius 2 is 2.15 bits per heavy atom. The number of rotatable bonds is 0. The molecule has 4 unspecified atom stereocenters. The lowest BCUT2D eigenvalue weighted by Gasteiger charge is -2.23. The summed E-state index contributed by atoms with van der Waals surface area (Å²) in [6, 6.07) is 0. The Bertz CT molecular complexity index is 255. The predicted molar refractivity (Wildman–Crippen MR) is 52.6 cm³/mol. The van der Waals surface area contributed by atoms with Crippen molar-refractivity contribution in [3.05, 3.63) is 0 Å². The van der Waals surface area contributed by atoms with Crippen molar-refractivity contribution >= 4 is 13.3 Å². The quantitative estimate of drug-likeness (QED) is 0.506. The number of carbonyl (C=O) groups excluding carboxylic acids is 1. The predicted octanol–water partition coefficient (Wildman–Crippen LogP) is 1.03. The van der Waals surface area contributed by atoms with Crippen LogP contribution in [0.2, 0.25) is 5.82 Å². The zero-order valence-electron chi connectivity index (χ0n) is 8.20. The number of nitrogens with zero attached hydrogens (tertiary/aromatic N) is 1. The minimum absolute atomic E-state index is 0.428. The van der Waals surface area contributed by atoms with Crippen molar-refractivity contribution in [2.24, 2.45) is 17.8 Å². The van der Waals surface area contributed by atoms with Crippen molar-refractivity contribution in [3.8, 4) is 0 Å². The fourth-order valence-electron chi connectivity index (χ4n) is 3.93. The lowest BCUT2D eigenvalue weighted by atomic mass is 9.68. The molecule has 0 spiro atoms. The molecule has 0 radical (unpaired) electrons. The SMILES string of the molecule is CN1BC2C3CCCC(C3)C2C1=O. The van der Waals surface area contributed by atoms with Crippen LogP contribution in [-0.4, -0.2) is 25.2 Å². The molecular formula is C10H16BNO. The summed E-state index contributed by atoms with van der Waals surface area (Å²) in [7, 11) is 3.01. The van der Waals surface area contributed by atoms with Crippen molar-refractivity contribution in [1.82, 2.24) is 4.81 Å². The monoisotopic (exact) mass is 177 g/mol. The molecule has 3 fully saturated rings. The molecule has 2 saturated carbocycles. The zero-order valence-corrected chi connectivity index (χ0v) is 8.20. The van der Waals surface area contributed by atoms with Gasteiger partial charge in [0, 0.05) is 5.92 Å². The summed E-state index contributed by atoms with van der Waals surface area (Å²) < 4.78 is 0. The molecule has 3 aliphatic rings. The van der Waals surface area contributed by atoms with Gasteiger partial charge in [-0.25, -0.2) is 0 Å². The second-order valence-electron chi connectivity index (χ2n) is 5.10. The molecule has 0 aromatic carbocycles. The topological polar surface area (TPSA) is 20.3 Å². The number of fused-ring (bicyclic) bond motifs is 5. The van der Waals surface area contributed by atoms with Gasteiger partial charge in [0.2, 0.25) is 13.3 Å². The Kier molecular flexibility index (Phi) is 1.53. The maximum atomic E-state index is 11.9. The molecule has 13 heavy (non-hydrogen) atoms. The van der Waals surface area contributed by atoms with Gasteiger partial charge in [0.15, 0.2) is 0 Å². The van der Waals surface area contributed by atoms with Crippen molar-refractivity contribution in [2.75, 3.05) is 7.05 Å². The second kappa shape index (κ2) is 2.52. The standard InChI is InChI=1S/C10H16BNO/c1-12-10(13)8-6-3-2-4-7(5-6)9(8)11-12/h6-9,11H,2-5H2,1H3. The smallest absolute Gasteiger partial charge is 0.243 e. The molecule has 3 heteroatoms. The summed E-state index contributed by atoms with van der Waals surface area (Å²) in [5.74, 6) is 3.24. The highest BCUT2D eigenvalue weighted by atomic mass is 16.2. The highest BCUT2D eigenvalue weighted by Gasteiger charge is 2.53. The number of carbonyl (C=O) groups is 1. The van der Waals surface area contributed by atoms with Crippen LogP contribution in [0.4, 0.5) is 0 Å². The van der Waals surface area contributed by atoms with E-state index in [0.29, 0.717) is 11.8 Å². The van der Waals surface area contributed by atoms with Crippen LogP contribution in [0.5, 0.6) is 0 Å². The molecule has 2 bridgehead atoms. The van der Waals surface area contributed by atoms with Gasteiger partial charge in [-0.2, -0.15) is 0 Å². The van der Waals surface area contributed by atoms with E-state index in [1.807, 2.05) is 11.9 Å². The summed E-state index contributed by atoms with van der Waals surface area (Å²) in [5.41, 5.74) is 0. The van der Waals surface area contributed by atoms with Crippen LogP contribution in [0.15, 0.2) is 0 Å². The second-order valence-corrected chi connectivity index (χ2v) is 5.10. The molecule has 1 amide bonds. The Morgan fingerprint density at radius 3 is 3.00 bits per heavy atom. The van der Waals surface area contributed by atoms with Crippen LogP contribution in [0, 0.1) is 17.8 Å². The van der Waals surface area contributed by atoms with E-state index >= 15 is 0 Å². The van der Waals surface area contributed by atoms with Gasteiger partial charge < -0.3 is 4.81 Å². The summed E-state index contributed by atoms with van der Waals surface area (Å²) in [4.78, 5) is 13.8. The molecule has 1 heterocycles. The van der Waals surface area contributed by atoms with Gasteiger partial charge in [-0.1, -0.05) is 12.8 Å². The summed E-state index contributed by atoms with van der Waals surface area (Å²) in [5, 5.41) is 0. The Labute approximate surface area is 79.9 Å². The molecule has 70 valence electrons. The summed E-state index contributed by atoms with van der Waals surface area (Å²) in [6.45, 7) is 0. The fourth-order valence-corrected chi connectivity index (χ4v) is 3.93. The van der Waals surface area contributed by atoms with Gasteiger partial charge >= 0.3 is 0 Å². The van der Waals surface area contributed by atoms with Crippen molar-refractivity contribution < 1.29 is 4.79 Å². The molecule has 1 saturated heterocycles. The normalized spacial score (nSPS) is 47.8. The van der Waals surface area contributed by atoms with Crippen LogP contribution >= 0.6 is 0 Å². The molecule has 1 aliphatic heterocycles. The van der Waals surface area contributed by atoms with Gasteiger partial charge in [-0.15, -0.1) is 0 Å². The first-order valence-electron chi connectivity index (χ1n) is 5.52. The van der Waals surface area contributed by atoms with Crippen LogP contribution in [0.3, 0.4) is 0 Å². The van der Waals surface area contributed by atoms with E-state index in [1.54, 1.807) is 0 Å². The van der Waals surface area contributed by atoms with Gasteiger partial charge in [0.05, 0.1) is 0 Å².